The van der Waals surface area contributed by atoms with Gasteiger partial charge in [0, 0.05) is 29.8 Å². The second-order valence-electron chi connectivity index (χ2n) is 6.61. The van der Waals surface area contributed by atoms with E-state index in [2.05, 4.69) is 20.9 Å². The molecule has 2 heterocycles. The number of pyridine rings is 1. The van der Waals surface area contributed by atoms with Gasteiger partial charge in [0.2, 0.25) is 5.91 Å². The molecule has 0 fully saturated rings. The topological polar surface area (TPSA) is 107 Å². The van der Waals surface area contributed by atoms with Crippen molar-refractivity contribution in [2.75, 3.05) is 16.0 Å². The number of carbonyl (C=O) groups is 2. The Hall–Kier alpha value is -4.18. The van der Waals surface area contributed by atoms with Crippen molar-refractivity contribution in [1.82, 2.24) is 4.98 Å². The molecule has 0 atom stereocenters. The molecule has 0 radical (unpaired) electrons. The van der Waals surface area contributed by atoms with Crippen molar-refractivity contribution in [3.05, 3.63) is 83.2 Å². The number of carbonyl (C=O) groups excluding carboxylic acids is 2. The number of nitrogens with one attached hydrogen (secondary N) is 3. The quantitative estimate of drug-likeness (QED) is 0.627. The maximum absolute atomic E-state index is 12.8. The zero-order valence-electron chi connectivity index (χ0n) is 15.4. The Balaban J connectivity index is 1.47. The van der Waals surface area contributed by atoms with Gasteiger partial charge >= 0.3 is 0 Å². The lowest BCUT2D eigenvalue weighted by Gasteiger charge is -2.13. The average molecular weight is 383 g/mol. The number of benzene rings is 2. The zero-order chi connectivity index (χ0) is 20.2. The van der Waals surface area contributed by atoms with Gasteiger partial charge in [-0.15, -0.1) is 0 Å². The fourth-order valence-corrected chi connectivity index (χ4v) is 3.13. The summed E-state index contributed by atoms with van der Waals surface area (Å²) in [6.45, 7) is 0.468. The Morgan fingerprint density at radius 2 is 2.03 bits per heavy atom. The number of anilines is 3. The molecule has 0 saturated heterocycles. The summed E-state index contributed by atoms with van der Waals surface area (Å²) in [6.07, 6.45) is 1.95. The third-order valence-corrected chi connectivity index (χ3v) is 4.58. The minimum absolute atomic E-state index is 0.0460. The standard InChI is InChI=1S/C22H17N5O2/c23-11-17-6-5-14(12-24-17)13-25-20-4-2-1-3-18(20)22(29)26-16-7-8-19-15(9-16)10-21(28)27-19/h1-9,12,25H,10,13H2,(H,26,29)(H,27,28). The van der Waals surface area contributed by atoms with Crippen molar-refractivity contribution in [3.63, 3.8) is 0 Å². The number of hydrogen-bond acceptors (Lipinski definition) is 5. The summed E-state index contributed by atoms with van der Waals surface area (Å²) in [5.41, 5.74) is 4.74. The van der Waals surface area contributed by atoms with Gasteiger partial charge < -0.3 is 16.0 Å². The third-order valence-electron chi connectivity index (χ3n) is 4.58. The summed E-state index contributed by atoms with van der Waals surface area (Å²) < 4.78 is 0. The summed E-state index contributed by atoms with van der Waals surface area (Å²) in [7, 11) is 0. The van der Waals surface area contributed by atoms with E-state index >= 15 is 0 Å². The molecule has 1 aliphatic rings. The van der Waals surface area contributed by atoms with Crippen LogP contribution in [0.5, 0.6) is 0 Å². The fraction of sp³-hybridized carbons (Fsp3) is 0.0909. The Morgan fingerprint density at radius 1 is 1.17 bits per heavy atom. The SMILES string of the molecule is N#Cc1ccc(CNc2ccccc2C(=O)Nc2ccc3c(c2)CC(=O)N3)cn1. The molecule has 4 rings (SSSR count). The zero-order valence-corrected chi connectivity index (χ0v) is 15.4. The first-order valence-electron chi connectivity index (χ1n) is 9.04. The van der Waals surface area contributed by atoms with Gasteiger partial charge in [-0.05, 0) is 47.5 Å². The van der Waals surface area contributed by atoms with E-state index in [-0.39, 0.29) is 11.8 Å². The Morgan fingerprint density at radius 3 is 2.83 bits per heavy atom. The van der Waals surface area contributed by atoms with E-state index in [9.17, 15) is 9.59 Å². The number of nitriles is 1. The molecule has 3 N–H and O–H groups in total. The Labute approximate surface area is 167 Å². The van der Waals surface area contributed by atoms with Gasteiger partial charge in [-0.25, -0.2) is 4.98 Å². The normalized spacial score (nSPS) is 11.9. The van der Waals surface area contributed by atoms with E-state index in [1.54, 1.807) is 36.5 Å². The smallest absolute Gasteiger partial charge is 0.257 e. The number of nitrogens with zero attached hydrogens (tertiary/aromatic N) is 2. The molecule has 29 heavy (non-hydrogen) atoms. The van der Waals surface area contributed by atoms with Crippen molar-refractivity contribution in [2.45, 2.75) is 13.0 Å². The molecule has 0 saturated carbocycles. The molecular formula is C22H17N5O2. The van der Waals surface area contributed by atoms with Gasteiger partial charge in [0.15, 0.2) is 0 Å². The van der Waals surface area contributed by atoms with E-state index in [0.29, 0.717) is 35.6 Å². The summed E-state index contributed by atoms with van der Waals surface area (Å²) in [4.78, 5) is 28.4. The van der Waals surface area contributed by atoms with Gasteiger partial charge in [0.25, 0.3) is 5.91 Å². The highest BCUT2D eigenvalue weighted by Crippen LogP contribution is 2.27. The van der Waals surface area contributed by atoms with Gasteiger partial charge in [-0.1, -0.05) is 18.2 Å². The Bertz CT molecular complexity index is 1130. The highest BCUT2D eigenvalue weighted by molar-refractivity contribution is 6.08. The molecule has 0 aliphatic carbocycles. The van der Waals surface area contributed by atoms with E-state index in [4.69, 9.17) is 5.26 Å². The molecule has 2 amide bonds. The first-order chi connectivity index (χ1) is 14.1. The van der Waals surface area contributed by atoms with Crippen molar-refractivity contribution in [3.8, 4) is 6.07 Å². The second-order valence-corrected chi connectivity index (χ2v) is 6.61. The number of rotatable bonds is 5. The summed E-state index contributed by atoms with van der Waals surface area (Å²) >= 11 is 0. The van der Waals surface area contributed by atoms with Crippen LogP contribution in [-0.2, 0) is 17.8 Å². The first kappa shape index (κ1) is 18.2. The monoisotopic (exact) mass is 383 g/mol. The summed E-state index contributed by atoms with van der Waals surface area (Å²) in [5.74, 6) is -0.293. The van der Waals surface area contributed by atoms with Crippen molar-refractivity contribution in [1.29, 1.82) is 5.26 Å². The predicted molar refractivity (Wildman–Crippen MR) is 109 cm³/mol. The fourth-order valence-electron chi connectivity index (χ4n) is 3.13. The van der Waals surface area contributed by atoms with Crippen LogP contribution in [-0.4, -0.2) is 16.8 Å². The highest BCUT2D eigenvalue weighted by Gasteiger charge is 2.18. The lowest BCUT2D eigenvalue weighted by atomic mass is 10.1. The first-order valence-corrected chi connectivity index (χ1v) is 9.04. The molecule has 2 aromatic carbocycles. The van der Waals surface area contributed by atoms with Crippen LogP contribution in [0.3, 0.4) is 0 Å². The minimum Gasteiger partial charge on any atom is -0.380 e. The van der Waals surface area contributed by atoms with Crippen LogP contribution < -0.4 is 16.0 Å². The van der Waals surface area contributed by atoms with Gasteiger partial charge in [0.05, 0.1) is 12.0 Å². The molecule has 1 aliphatic heterocycles. The number of amides is 2. The van der Waals surface area contributed by atoms with E-state index in [1.165, 1.54) is 0 Å². The molecule has 3 aromatic rings. The molecule has 0 bridgehead atoms. The van der Waals surface area contributed by atoms with Crippen LogP contribution in [0.4, 0.5) is 17.1 Å². The van der Waals surface area contributed by atoms with Crippen LogP contribution in [0.25, 0.3) is 0 Å². The van der Waals surface area contributed by atoms with E-state index in [0.717, 1.165) is 16.8 Å². The molecule has 7 heteroatoms. The number of hydrogen-bond donors (Lipinski definition) is 3. The van der Waals surface area contributed by atoms with Gasteiger partial charge in [0.1, 0.15) is 11.8 Å². The van der Waals surface area contributed by atoms with Gasteiger partial charge in [-0.3, -0.25) is 9.59 Å². The second kappa shape index (κ2) is 7.82. The highest BCUT2D eigenvalue weighted by atomic mass is 16.2. The number of aromatic nitrogens is 1. The molecule has 0 spiro atoms. The molecule has 1 aromatic heterocycles. The molecule has 0 unspecified atom stereocenters. The minimum atomic E-state index is -0.247. The Kier molecular flexibility index (Phi) is 4.91. The third kappa shape index (κ3) is 4.06. The summed E-state index contributed by atoms with van der Waals surface area (Å²) in [5, 5.41) is 17.7. The average Bonchev–Trinajstić information content (AvgIpc) is 3.12. The van der Waals surface area contributed by atoms with Crippen LogP contribution >= 0.6 is 0 Å². The predicted octanol–water partition coefficient (Wildman–Crippen LogP) is 3.31. The van der Waals surface area contributed by atoms with Crippen LogP contribution in [0.2, 0.25) is 0 Å². The molecule has 142 valence electrons. The van der Waals surface area contributed by atoms with Crippen molar-refractivity contribution >= 4 is 28.9 Å². The van der Waals surface area contributed by atoms with E-state index in [1.807, 2.05) is 30.3 Å². The van der Waals surface area contributed by atoms with Crippen LogP contribution in [0, 0.1) is 11.3 Å². The summed E-state index contributed by atoms with van der Waals surface area (Å²) in [6, 6.07) is 18.0. The van der Waals surface area contributed by atoms with Crippen molar-refractivity contribution < 1.29 is 9.59 Å². The maximum atomic E-state index is 12.8. The van der Waals surface area contributed by atoms with E-state index < -0.39 is 0 Å². The largest absolute Gasteiger partial charge is 0.380 e. The molecule has 7 nitrogen and oxygen atoms in total. The number of para-hydroxylation sites is 1. The van der Waals surface area contributed by atoms with Gasteiger partial charge in [-0.2, -0.15) is 5.26 Å². The lowest BCUT2D eigenvalue weighted by molar-refractivity contribution is -0.115. The maximum Gasteiger partial charge on any atom is 0.257 e. The number of fused-ring (bicyclic) bond motifs is 1. The van der Waals surface area contributed by atoms with Crippen LogP contribution in [0.15, 0.2) is 60.8 Å². The lowest BCUT2D eigenvalue weighted by Crippen LogP contribution is -2.15. The van der Waals surface area contributed by atoms with Crippen molar-refractivity contribution in [2.24, 2.45) is 0 Å². The molecular weight excluding hydrogens is 366 g/mol. The van der Waals surface area contributed by atoms with Crippen LogP contribution in [0.1, 0.15) is 27.2 Å².